The summed E-state index contributed by atoms with van der Waals surface area (Å²) in [6.45, 7) is 7.08. The van der Waals surface area contributed by atoms with E-state index in [1.807, 2.05) is 18.7 Å². The van der Waals surface area contributed by atoms with Crippen LogP contribution in [-0.4, -0.2) is 47.2 Å². The molecule has 5 atom stereocenters. The third kappa shape index (κ3) is 2.97. The normalized spacial score (nSPS) is 38.0. The standard InChI is InChI=1S/C15H25NO4/c1-4-11-5-12(13(6-11)15(18)19)14(17)16-7-10(3)20-8-9(16)2/h9-13H,4-8H2,1-3H3,(H,18,19). The summed E-state index contributed by atoms with van der Waals surface area (Å²) in [4.78, 5) is 26.0. The van der Waals surface area contributed by atoms with Crippen LogP contribution in [-0.2, 0) is 14.3 Å². The van der Waals surface area contributed by atoms with Crippen molar-refractivity contribution in [3.05, 3.63) is 0 Å². The molecule has 0 radical (unpaired) electrons. The number of carboxylic acids is 1. The maximum Gasteiger partial charge on any atom is 0.307 e. The summed E-state index contributed by atoms with van der Waals surface area (Å²) in [6, 6.07) is 0.0359. The highest BCUT2D eigenvalue weighted by atomic mass is 16.5. The van der Waals surface area contributed by atoms with Gasteiger partial charge < -0.3 is 14.7 Å². The molecule has 1 saturated carbocycles. The van der Waals surface area contributed by atoms with E-state index in [0.29, 0.717) is 31.9 Å². The van der Waals surface area contributed by atoms with Gasteiger partial charge in [0.1, 0.15) is 0 Å². The van der Waals surface area contributed by atoms with Crippen LogP contribution >= 0.6 is 0 Å². The van der Waals surface area contributed by atoms with Crippen LogP contribution in [0.5, 0.6) is 0 Å². The Morgan fingerprint density at radius 3 is 2.50 bits per heavy atom. The lowest BCUT2D eigenvalue weighted by atomic mass is 9.94. The number of aliphatic carboxylic acids is 1. The number of morpholine rings is 1. The molecule has 0 bridgehead atoms. The van der Waals surface area contributed by atoms with Gasteiger partial charge in [-0.1, -0.05) is 13.3 Å². The zero-order chi connectivity index (χ0) is 14.9. The van der Waals surface area contributed by atoms with Gasteiger partial charge in [-0.05, 0) is 32.6 Å². The number of hydrogen-bond donors (Lipinski definition) is 1. The smallest absolute Gasteiger partial charge is 0.307 e. The fourth-order valence-corrected chi connectivity index (χ4v) is 3.45. The number of rotatable bonds is 3. The summed E-state index contributed by atoms with van der Waals surface area (Å²) in [7, 11) is 0. The molecule has 114 valence electrons. The zero-order valence-corrected chi connectivity index (χ0v) is 12.5. The van der Waals surface area contributed by atoms with E-state index in [9.17, 15) is 14.7 Å². The molecule has 2 aliphatic rings. The van der Waals surface area contributed by atoms with Gasteiger partial charge in [0.05, 0.1) is 30.6 Å². The summed E-state index contributed by atoms with van der Waals surface area (Å²) < 4.78 is 5.54. The minimum absolute atomic E-state index is 0.0102. The Morgan fingerprint density at radius 2 is 1.90 bits per heavy atom. The van der Waals surface area contributed by atoms with Crippen molar-refractivity contribution in [3.8, 4) is 0 Å². The van der Waals surface area contributed by atoms with E-state index < -0.39 is 11.9 Å². The molecule has 1 aliphatic carbocycles. The predicted molar refractivity (Wildman–Crippen MR) is 74.2 cm³/mol. The average Bonchev–Trinajstić information content (AvgIpc) is 2.85. The van der Waals surface area contributed by atoms with Crippen molar-refractivity contribution in [1.82, 2.24) is 4.90 Å². The van der Waals surface area contributed by atoms with Crippen molar-refractivity contribution >= 4 is 11.9 Å². The van der Waals surface area contributed by atoms with E-state index in [0.717, 1.165) is 6.42 Å². The first-order chi connectivity index (χ1) is 9.43. The number of amides is 1. The molecule has 5 nitrogen and oxygen atoms in total. The largest absolute Gasteiger partial charge is 0.481 e. The van der Waals surface area contributed by atoms with Gasteiger partial charge in [0, 0.05) is 6.54 Å². The van der Waals surface area contributed by atoms with E-state index >= 15 is 0 Å². The van der Waals surface area contributed by atoms with Crippen LogP contribution in [0.2, 0.25) is 0 Å². The van der Waals surface area contributed by atoms with Gasteiger partial charge in [0.25, 0.3) is 0 Å². The van der Waals surface area contributed by atoms with Gasteiger partial charge in [-0.3, -0.25) is 9.59 Å². The first-order valence-electron chi connectivity index (χ1n) is 7.58. The fourth-order valence-electron chi connectivity index (χ4n) is 3.45. The highest BCUT2D eigenvalue weighted by molar-refractivity contribution is 5.85. The fraction of sp³-hybridized carbons (Fsp3) is 0.867. The SMILES string of the molecule is CCC1CC(C(=O)O)C(C(=O)N2CC(C)OCC2C)C1. The van der Waals surface area contributed by atoms with Crippen molar-refractivity contribution in [3.63, 3.8) is 0 Å². The summed E-state index contributed by atoms with van der Waals surface area (Å²) in [6.07, 6.45) is 2.32. The minimum Gasteiger partial charge on any atom is -0.481 e. The molecule has 0 aromatic heterocycles. The van der Waals surface area contributed by atoms with Crippen LogP contribution in [0.1, 0.15) is 40.0 Å². The molecule has 5 unspecified atom stereocenters. The monoisotopic (exact) mass is 283 g/mol. The molecule has 2 rings (SSSR count). The van der Waals surface area contributed by atoms with Crippen LogP contribution in [0.3, 0.4) is 0 Å². The molecule has 0 aromatic rings. The Morgan fingerprint density at radius 1 is 1.25 bits per heavy atom. The third-order valence-electron chi connectivity index (χ3n) is 4.76. The first kappa shape index (κ1) is 15.3. The third-order valence-corrected chi connectivity index (χ3v) is 4.76. The lowest BCUT2D eigenvalue weighted by molar-refractivity contribution is -0.155. The quantitative estimate of drug-likeness (QED) is 0.857. The van der Waals surface area contributed by atoms with E-state index in [1.54, 1.807) is 0 Å². The van der Waals surface area contributed by atoms with Crippen molar-refractivity contribution in [2.24, 2.45) is 17.8 Å². The van der Waals surface area contributed by atoms with Gasteiger partial charge >= 0.3 is 5.97 Å². The lowest BCUT2D eigenvalue weighted by Crippen LogP contribution is -2.52. The van der Waals surface area contributed by atoms with Crippen LogP contribution in [0.15, 0.2) is 0 Å². The molecule has 20 heavy (non-hydrogen) atoms. The maximum atomic E-state index is 12.7. The summed E-state index contributed by atoms with van der Waals surface area (Å²) in [5, 5.41) is 9.37. The van der Waals surface area contributed by atoms with Crippen molar-refractivity contribution in [1.29, 1.82) is 0 Å². The van der Waals surface area contributed by atoms with E-state index in [1.165, 1.54) is 0 Å². The summed E-state index contributed by atoms with van der Waals surface area (Å²) in [5.41, 5.74) is 0. The molecule has 1 amide bonds. The molecule has 1 aliphatic heterocycles. The van der Waals surface area contributed by atoms with Gasteiger partial charge in [0.2, 0.25) is 5.91 Å². The topological polar surface area (TPSA) is 66.8 Å². The van der Waals surface area contributed by atoms with Gasteiger partial charge in [0.15, 0.2) is 0 Å². The molecule has 1 saturated heterocycles. The second-order valence-electron chi connectivity index (χ2n) is 6.28. The zero-order valence-electron chi connectivity index (χ0n) is 12.5. The Kier molecular flexibility index (Phi) is 4.68. The number of carboxylic acid groups (broad SMARTS) is 1. The molecule has 0 aromatic carbocycles. The number of ether oxygens (including phenoxy) is 1. The second-order valence-corrected chi connectivity index (χ2v) is 6.28. The van der Waals surface area contributed by atoms with Crippen LogP contribution in [0.25, 0.3) is 0 Å². The number of hydrogen-bond acceptors (Lipinski definition) is 3. The Bertz CT molecular complexity index is 384. The highest BCUT2D eigenvalue weighted by Gasteiger charge is 2.45. The molecular formula is C15H25NO4. The predicted octanol–water partition coefficient (Wildman–Crippen LogP) is 1.76. The average molecular weight is 283 g/mol. The lowest BCUT2D eigenvalue weighted by Gasteiger charge is -2.38. The molecule has 1 heterocycles. The Hall–Kier alpha value is -1.10. The second kappa shape index (κ2) is 6.12. The Labute approximate surface area is 120 Å². The number of carbonyl (C=O) groups is 2. The summed E-state index contributed by atoms with van der Waals surface area (Å²) in [5.74, 6) is -1.33. The number of carbonyl (C=O) groups excluding carboxylic acids is 1. The molecule has 5 heteroatoms. The minimum atomic E-state index is -0.826. The van der Waals surface area contributed by atoms with Crippen LogP contribution in [0, 0.1) is 17.8 Å². The molecule has 0 spiro atoms. The van der Waals surface area contributed by atoms with Crippen molar-refractivity contribution in [2.75, 3.05) is 13.2 Å². The van der Waals surface area contributed by atoms with E-state index in [4.69, 9.17) is 4.74 Å². The van der Waals surface area contributed by atoms with E-state index in [-0.39, 0.29) is 24.0 Å². The van der Waals surface area contributed by atoms with Gasteiger partial charge in [-0.25, -0.2) is 0 Å². The van der Waals surface area contributed by atoms with Crippen LogP contribution < -0.4 is 0 Å². The van der Waals surface area contributed by atoms with Gasteiger partial charge in [-0.15, -0.1) is 0 Å². The van der Waals surface area contributed by atoms with Crippen LogP contribution in [0.4, 0.5) is 0 Å². The highest BCUT2D eigenvalue weighted by Crippen LogP contribution is 2.39. The number of nitrogens with zero attached hydrogens (tertiary/aromatic N) is 1. The maximum absolute atomic E-state index is 12.7. The molecular weight excluding hydrogens is 258 g/mol. The molecule has 2 fully saturated rings. The Balaban J connectivity index is 2.11. The van der Waals surface area contributed by atoms with E-state index in [2.05, 4.69) is 6.92 Å². The van der Waals surface area contributed by atoms with Crippen molar-refractivity contribution in [2.45, 2.75) is 52.2 Å². The molecule has 1 N–H and O–H groups in total. The van der Waals surface area contributed by atoms with Crippen molar-refractivity contribution < 1.29 is 19.4 Å². The first-order valence-corrected chi connectivity index (χ1v) is 7.58. The van der Waals surface area contributed by atoms with Gasteiger partial charge in [-0.2, -0.15) is 0 Å². The summed E-state index contributed by atoms with van der Waals surface area (Å²) >= 11 is 0.